The Labute approximate surface area is 122 Å². The SMILES string of the molecule is CCc1ccccc1NC(=O)[S-].NC(=O)[S-].[Cu+2]. The second kappa shape index (κ2) is 10.3. The van der Waals surface area contributed by atoms with E-state index in [1.807, 2.05) is 31.2 Å². The molecule has 0 unspecified atom stereocenters. The van der Waals surface area contributed by atoms with Gasteiger partial charge < -0.3 is 45.9 Å². The summed E-state index contributed by atoms with van der Waals surface area (Å²) in [4.78, 5) is 19.6. The van der Waals surface area contributed by atoms with E-state index in [0.717, 1.165) is 17.7 Å². The number of primary amides is 1. The molecule has 1 aromatic rings. The van der Waals surface area contributed by atoms with Crippen molar-refractivity contribution in [3.8, 4) is 0 Å². The summed E-state index contributed by atoms with van der Waals surface area (Å²) in [5, 5.41) is 1.42. The number of benzene rings is 1. The maximum Gasteiger partial charge on any atom is 2.00 e. The minimum atomic E-state index is -0.750. The van der Waals surface area contributed by atoms with Crippen LogP contribution in [0.3, 0.4) is 0 Å². The molecule has 4 nitrogen and oxygen atoms in total. The molecule has 1 radical (unpaired) electrons. The molecule has 1 aromatic carbocycles. The molecule has 0 saturated carbocycles. The number of carbonyl (C=O) groups is 2. The molecule has 17 heavy (non-hydrogen) atoms. The van der Waals surface area contributed by atoms with Crippen LogP contribution in [-0.4, -0.2) is 10.5 Å². The average Bonchev–Trinajstić information content (AvgIpc) is 2.17. The van der Waals surface area contributed by atoms with Crippen molar-refractivity contribution in [2.45, 2.75) is 13.3 Å². The average molecular weight is 320 g/mol. The first-order valence-electron chi connectivity index (χ1n) is 4.49. The van der Waals surface area contributed by atoms with Crippen LogP contribution in [0.4, 0.5) is 15.3 Å². The smallest absolute Gasteiger partial charge is 0.719 e. The van der Waals surface area contributed by atoms with Crippen LogP contribution in [0.15, 0.2) is 24.3 Å². The molecule has 0 heterocycles. The third-order valence-corrected chi connectivity index (χ3v) is 1.74. The van der Waals surface area contributed by atoms with Gasteiger partial charge in [0.25, 0.3) is 0 Å². The quantitative estimate of drug-likeness (QED) is 0.645. The Morgan fingerprint density at radius 3 is 2.18 bits per heavy atom. The van der Waals surface area contributed by atoms with Gasteiger partial charge in [0.05, 0.1) is 5.24 Å². The second-order valence-electron chi connectivity index (χ2n) is 2.74. The van der Waals surface area contributed by atoms with Crippen LogP contribution in [0.25, 0.3) is 0 Å². The van der Waals surface area contributed by atoms with Gasteiger partial charge in [-0.25, -0.2) is 0 Å². The fourth-order valence-corrected chi connectivity index (χ4v) is 1.17. The Balaban J connectivity index is 0. The number of para-hydroxylation sites is 1. The van der Waals surface area contributed by atoms with E-state index < -0.39 is 10.5 Å². The molecule has 0 saturated heterocycles. The Morgan fingerprint density at radius 2 is 1.76 bits per heavy atom. The first kappa shape index (κ1) is 18.5. The van der Waals surface area contributed by atoms with Crippen molar-refractivity contribution in [1.29, 1.82) is 0 Å². The molecule has 0 bridgehead atoms. The number of aryl methyl sites for hydroxylation is 1. The van der Waals surface area contributed by atoms with Gasteiger partial charge in [-0.05, 0) is 18.1 Å². The Kier molecular flexibility index (Phi) is 11.2. The van der Waals surface area contributed by atoms with Crippen molar-refractivity contribution in [2.24, 2.45) is 5.73 Å². The number of hydrogen-bond acceptors (Lipinski definition) is 4. The molecule has 0 fully saturated rings. The van der Waals surface area contributed by atoms with Gasteiger partial charge in [0, 0.05) is 5.69 Å². The fourth-order valence-electron chi connectivity index (χ4n) is 1.06. The summed E-state index contributed by atoms with van der Waals surface area (Å²) in [5.41, 5.74) is 6.21. The van der Waals surface area contributed by atoms with Crippen molar-refractivity contribution >= 4 is 41.4 Å². The van der Waals surface area contributed by atoms with Crippen LogP contribution in [0.1, 0.15) is 12.5 Å². The van der Waals surface area contributed by atoms with Crippen molar-refractivity contribution in [2.75, 3.05) is 5.32 Å². The molecular weight excluding hydrogens is 308 g/mol. The van der Waals surface area contributed by atoms with Crippen LogP contribution in [0.2, 0.25) is 0 Å². The summed E-state index contributed by atoms with van der Waals surface area (Å²) < 4.78 is 0. The number of carbonyl (C=O) groups excluding carboxylic acids is 2. The molecular formula is C10H12CuN2O2S2. The number of amides is 2. The number of nitrogens with two attached hydrogens (primary N) is 1. The van der Waals surface area contributed by atoms with Gasteiger partial charge in [-0.2, -0.15) is 0 Å². The topological polar surface area (TPSA) is 72.2 Å². The zero-order chi connectivity index (χ0) is 12.6. The van der Waals surface area contributed by atoms with E-state index in [2.05, 4.69) is 36.3 Å². The van der Waals surface area contributed by atoms with E-state index >= 15 is 0 Å². The molecule has 0 aliphatic carbocycles. The van der Waals surface area contributed by atoms with Crippen molar-refractivity contribution in [1.82, 2.24) is 0 Å². The number of hydrogen-bond donors (Lipinski definition) is 2. The minimum Gasteiger partial charge on any atom is -0.719 e. The molecule has 2 amide bonds. The van der Waals surface area contributed by atoms with E-state index in [-0.39, 0.29) is 17.1 Å². The van der Waals surface area contributed by atoms with E-state index in [9.17, 15) is 4.79 Å². The van der Waals surface area contributed by atoms with Crippen LogP contribution < -0.4 is 11.1 Å². The first-order chi connectivity index (χ1) is 7.47. The molecule has 0 aromatic heterocycles. The first-order valence-corrected chi connectivity index (χ1v) is 5.31. The largest absolute Gasteiger partial charge is 2.00 e. The molecule has 0 aliphatic rings. The Morgan fingerprint density at radius 1 is 1.29 bits per heavy atom. The number of anilines is 1. The zero-order valence-electron chi connectivity index (χ0n) is 9.03. The van der Waals surface area contributed by atoms with Crippen molar-refractivity contribution < 1.29 is 26.7 Å². The van der Waals surface area contributed by atoms with Crippen molar-refractivity contribution in [3.63, 3.8) is 0 Å². The van der Waals surface area contributed by atoms with Crippen LogP contribution in [-0.2, 0) is 48.7 Å². The van der Waals surface area contributed by atoms with Gasteiger partial charge in [0.1, 0.15) is 5.24 Å². The van der Waals surface area contributed by atoms with Gasteiger partial charge >= 0.3 is 17.1 Å². The molecule has 7 heteroatoms. The van der Waals surface area contributed by atoms with Gasteiger partial charge in [0.2, 0.25) is 0 Å². The van der Waals surface area contributed by atoms with Gasteiger partial charge in [-0.15, -0.1) is 0 Å². The Hall–Kier alpha value is -0.881. The minimum absolute atomic E-state index is 0. The van der Waals surface area contributed by atoms with E-state index in [4.69, 9.17) is 4.79 Å². The summed E-state index contributed by atoms with van der Waals surface area (Å²) in [7, 11) is 0. The third kappa shape index (κ3) is 10.0. The van der Waals surface area contributed by atoms with Crippen molar-refractivity contribution in [3.05, 3.63) is 29.8 Å². The summed E-state index contributed by atoms with van der Waals surface area (Å²) in [6, 6.07) is 7.64. The fraction of sp³-hybridized carbons (Fsp3) is 0.200. The third-order valence-electron chi connectivity index (χ3n) is 1.63. The summed E-state index contributed by atoms with van der Waals surface area (Å²) >= 11 is 8.18. The van der Waals surface area contributed by atoms with Crippen LogP contribution in [0.5, 0.6) is 0 Å². The standard InChI is InChI=1S/C9H11NOS.CH3NOS.Cu/c1-2-7-5-3-4-6-8(7)10-9(11)12;2-1(3)4;/h3-6H,2H2,1H3,(H2,10,11,12);(H3,2,3,4);/q;;+2/p-2. The molecule has 0 atom stereocenters. The summed E-state index contributed by atoms with van der Waals surface area (Å²) in [6.07, 6.45) is 0.895. The van der Waals surface area contributed by atoms with Crippen LogP contribution >= 0.6 is 0 Å². The normalized spacial score (nSPS) is 8.06. The maximum atomic E-state index is 10.6. The summed E-state index contributed by atoms with van der Waals surface area (Å²) in [6.45, 7) is 2.04. The van der Waals surface area contributed by atoms with Gasteiger partial charge in [-0.1, -0.05) is 25.1 Å². The zero-order valence-corrected chi connectivity index (χ0v) is 11.6. The number of nitrogens with one attached hydrogen (secondary N) is 1. The van der Waals surface area contributed by atoms with Gasteiger partial charge in [-0.3, -0.25) is 0 Å². The maximum absolute atomic E-state index is 10.6. The molecule has 97 valence electrons. The van der Waals surface area contributed by atoms with E-state index in [1.54, 1.807) is 0 Å². The predicted octanol–water partition coefficient (Wildman–Crippen LogP) is 1.94. The molecule has 0 aliphatic heterocycles. The Bertz CT molecular complexity index is 371. The predicted molar refractivity (Wildman–Crippen MR) is 69.2 cm³/mol. The van der Waals surface area contributed by atoms with Gasteiger partial charge in [0.15, 0.2) is 0 Å². The molecule has 0 spiro atoms. The van der Waals surface area contributed by atoms with E-state index in [1.165, 1.54) is 0 Å². The van der Waals surface area contributed by atoms with E-state index in [0.29, 0.717) is 0 Å². The monoisotopic (exact) mass is 319 g/mol. The number of rotatable bonds is 2. The summed E-state index contributed by atoms with van der Waals surface area (Å²) in [5.74, 6) is 0. The second-order valence-corrected chi connectivity index (χ2v) is 3.52. The molecule has 3 N–H and O–H groups in total. The van der Waals surface area contributed by atoms with Crippen LogP contribution in [0, 0.1) is 0 Å². The molecule has 1 rings (SSSR count).